The second kappa shape index (κ2) is 5.08. The van der Waals surface area contributed by atoms with E-state index in [1.54, 1.807) is 12.3 Å². The van der Waals surface area contributed by atoms with Crippen molar-refractivity contribution in [2.75, 3.05) is 6.61 Å². The average Bonchev–Trinajstić information content (AvgIpc) is 3.11. The van der Waals surface area contributed by atoms with Gasteiger partial charge in [-0.05, 0) is 23.9 Å². The summed E-state index contributed by atoms with van der Waals surface area (Å²) >= 11 is 0. The molecule has 4 N–H and O–H groups in total. The van der Waals surface area contributed by atoms with E-state index in [1.807, 2.05) is 24.3 Å². The Morgan fingerprint density at radius 1 is 1.32 bits per heavy atom. The summed E-state index contributed by atoms with van der Waals surface area (Å²) in [4.78, 5) is 0. The van der Waals surface area contributed by atoms with Crippen molar-refractivity contribution in [1.29, 1.82) is 0 Å². The number of nitrogens with one attached hydrogen (secondary N) is 2. The maximum absolute atomic E-state index is 9.40. The smallest absolute Gasteiger partial charge is 0.196 e. The van der Waals surface area contributed by atoms with E-state index in [0.717, 1.165) is 12.2 Å². The Hall–Kier alpha value is -2.44. The van der Waals surface area contributed by atoms with Crippen LogP contribution in [0, 0.1) is 0 Å². The van der Waals surface area contributed by atoms with Gasteiger partial charge in [-0.3, -0.25) is 0 Å². The number of fused-ring (bicyclic) bond motifs is 2. The van der Waals surface area contributed by atoms with Gasteiger partial charge in [0.25, 0.3) is 0 Å². The Bertz CT molecular complexity index is 706. The highest BCUT2D eigenvalue weighted by Crippen LogP contribution is 2.31. The highest BCUT2D eigenvalue weighted by Gasteiger charge is 2.28. The molecular weight excluding hydrogens is 284 g/mol. The number of aliphatic hydroxyl groups is 2. The second-order valence-electron chi connectivity index (χ2n) is 5.35. The van der Waals surface area contributed by atoms with Crippen LogP contribution in [0.25, 0.3) is 0 Å². The van der Waals surface area contributed by atoms with Crippen molar-refractivity contribution >= 4 is 0 Å². The number of dihydropyridines is 1. The van der Waals surface area contributed by atoms with Crippen LogP contribution in [0.15, 0.2) is 53.7 Å². The molecular formula is C16H16N2O4. The molecule has 3 heterocycles. The first-order valence-corrected chi connectivity index (χ1v) is 7.16. The molecule has 1 aromatic rings. The first kappa shape index (κ1) is 13.2. The van der Waals surface area contributed by atoms with Crippen LogP contribution in [0.1, 0.15) is 5.56 Å². The monoisotopic (exact) mass is 300 g/mol. The standard InChI is InChI=1S/C16H16N2O4/c19-16(20)11-3-5-17-12-8-14(18-15(11)12)22-10-2-1-9-4-6-21-13(9)7-10/h1-3,5,7-8,12,16-20H,4,6H2. The molecule has 0 amide bonds. The third-order valence-electron chi connectivity index (χ3n) is 3.91. The van der Waals surface area contributed by atoms with Gasteiger partial charge in [0.05, 0.1) is 18.3 Å². The van der Waals surface area contributed by atoms with Crippen LogP contribution in [0.2, 0.25) is 0 Å². The van der Waals surface area contributed by atoms with Crippen molar-refractivity contribution in [1.82, 2.24) is 10.6 Å². The molecule has 0 aliphatic carbocycles. The third kappa shape index (κ3) is 2.22. The highest BCUT2D eigenvalue weighted by molar-refractivity contribution is 5.45. The van der Waals surface area contributed by atoms with Crippen LogP contribution < -0.4 is 20.1 Å². The summed E-state index contributed by atoms with van der Waals surface area (Å²) in [7, 11) is 0. The molecule has 0 bridgehead atoms. The zero-order valence-electron chi connectivity index (χ0n) is 11.7. The minimum atomic E-state index is -1.52. The predicted molar refractivity (Wildman–Crippen MR) is 78.8 cm³/mol. The van der Waals surface area contributed by atoms with E-state index in [2.05, 4.69) is 10.6 Å². The molecule has 3 aliphatic heterocycles. The number of ether oxygens (including phenoxy) is 2. The molecule has 22 heavy (non-hydrogen) atoms. The Kier molecular flexibility index (Phi) is 3.06. The summed E-state index contributed by atoms with van der Waals surface area (Å²) in [5.74, 6) is 2.09. The van der Waals surface area contributed by atoms with Gasteiger partial charge in [0, 0.05) is 24.1 Å². The van der Waals surface area contributed by atoms with E-state index in [4.69, 9.17) is 9.47 Å². The Morgan fingerprint density at radius 3 is 3.09 bits per heavy atom. The van der Waals surface area contributed by atoms with Gasteiger partial charge < -0.3 is 30.3 Å². The third-order valence-corrected chi connectivity index (χ3v) is 3.91. The number of hydrogen-bond donors (Lipinski definition) is 4. The first-order valence-electron chi connectivity index (χ1n) is 7.16. The van der Waals surface area contributed by atoms with Gasteiger partial charge in [-0.25, -0.2) is 0 Å². The van der Waals surface area contributed by atoms with Crippen molar-refractivity contribution < 1.29 is 19.7 Å². The van der Waals surface area contributed by atoms with Crippen LogP contribution in [-0.4, -0.2) is 29.2 Å². The van der Waals surface area contributed by atoms with Crippen LogP contribution >= 0.6 is 0 Å². The van der Waals surface area contributed by atoms with Crippen molar-refractivity contribution in [2.45, 2.75) is 18.8 Å². The molecule has 1 aromatic carbocycles. The second-order valence-corrected chi connectivity index (χ2v) is 5.35. The molecule has 0 saturated heterocycles. The molecule has 114 valence electrons. The predicted octanol–water partition coefficient (Wildman–Crippen LogP) is 0.495. The fourth-order valence-corrected chi connectivity index (χ4v) is 2.82. The number of hydrogen-bond acceptors (Lipinski definition) is 6. The molecule has 3 aliphatic rings. The molecule has 0 fully saturated rings. The Morgan fingerprint density at radius 2 is 2.23 bits per heavy atom. The van der Waals surface area contributed by atoms with Gasteiger partial charge in [-0.2, -0.15) is 0 Å². The Labute approximate surface area is 127 Å². The maximum atomic E-state index is 9.40. The molecule has 1 atom stereocenters. The molecule has 6 nitrogen and oxygen atoms in total. The molecule has 4 rings (SSSR count). The van der Waals surface area contributed by atoms with E-state index >= 15 is 0 Å². The van der Waals surface area contributed by atoms with Gasteiger partial charge in [0.15, 0.2) is 12.2 Å². The van der Waals surface area contributed by atoms with E-state index in [0.29, 0.717) is 29.5 Å². The van der Waals surface area contributed by atoms with Gasteiger partial charge in [-0.15, -0.1) is 0 Å². The Balaban J connectivity index is 1.55. The topological polar surface area (TPSA) is 83.0 Å². The van der Waals surface area contributed by atoms with Gasteiger partial charge >= 0.3 is 0 Å². The lowest BCUT2D eigenvalue weighted by atomic mass is 10.1. The summed E-state index contributed by atoms with van der Waals surface area (Å²) in [5, 5.41) is 25.0. The number of benzene rings is 1. The van der Waals surface area contributed by atoms with Crippen molar-refractivity contribution in [3.05, 3.63) is 59.3 Å². The molecule has 0 aromatic heterocycles. The van der Waals surface area contributed by atoms with Crippen molar-refractivity contribution in [3.63, 3.8) is 0 Å². The zero-order valence-corrected chi connectivity index (χ0v) is 11.7. The molecule has 6 heteroatoms. The molecule has 1 unspecified atom stereocenters. The number of aliphatic hydroxyl groups excluding tert-OH is 1. The molecule has 0 saturated carbocycles. The maximum Gasteiger partial charge on any atom is 0.196 e. The summed E-state index contributed by atoms with van der Waals surface area (Å²) in [6, 6.07) is 5.62. The largest absolute Gasteiger partial charge is 0.493 e. The highest BCUT2D eigenvalue weighted by atomic mass is 16.5. The average molecular weight is 300 g/mol. The van der Waals surface area contributed by atoms with E-state index in [1.165, 1.54) is 5.56 Å². The van der Waals surface area contributed by atoms with Gasteiger partial charge in [-0.1, -0.05) is 6.07 Å². The van der Waals surface area contributed by atoms with Gasteiger partial charge in [0.1, 0.15) is 11.5 Å². The van der Waals surface area contributed by atoms with Crippen LogP contribution in [0.5, 0.6) is 11.5 Å². The van der Waals surface area contributed by atoms with E-state index in [-0.39, 0.29) is 6.04 Å². The van der Waals surface area contributed by atoms with Crippen LogP contribution in [-0.2, 0) is 6.42 Å². The minimum absolute atomic E-state index is 0.150. The summed E-state index contributed by atoms with van der Waals surface area (Å²) in [6.07, 6.45) is 4.58. The first-order chi connectivity index (χ1) is 10.7. The van der Waals surface area contributed by atoms with Crippen LogP contribution in [0.4, 0.5) is 0 Å². The summed E-state index contributed by atoms with van der Waals surface area (Å²) in [5.41, 5.74) is 2.30. The van der Waals surface area contributed by atoms with Crippen molar-refractivity contribution in [2.24, 2.45) is 0 Å². The van der Waals surface area contributed by atoms with Crippen molar-refractivity contribution in [3.8, 4) is 11.5 Å². The fourth-order valence-electron chi connectivity index (χ4n) is 2.82. The molecule has 0 spiro atoms. The number of rotatable bonds is 3. The van der Waals surface area contributed by atoms with Gasteiger partial charge in [0.2, 0.25) is 0 Å². The SMILES string of the molecule is OC(O)C1=C2NC(Oc3ccc4c(c3)OCC4)=CC2NC=C1. The van der Waals surface area contributed by atoms with E-state index < -0.39 is 6.29 Å². The van der Waals surface area contributed by atoms with Crippen LogP contribution in [0.3, 0.4) is 0 Å². The lowest BCUT2D eigenvalue weighted by molar-refractivity contribution is -0.00633. The minimum Gasteiger partial charge on any atom is -0.493 e. The summed E-state index contributed by atoms with van der Waals surface area (Å²) in [6.45, 7) is 0.710. The van der Waals surface area contributed by atoms with E-state index in [9.17, 15) is 10.2 Å². The lowest BCUT2D eigenvalue weighted by Crippen LogP contribution is -2.32. The normalized spacial score (nSPS) is 21.8. The zero-order chi connectivity index (χ0) is 15.1. The lowest BCUT2D eigenvalue weighted by Gasteiger charge is -2.20. The quantitative estimate of drug-likeness (QED) is 0.608. The summed E-state index contributed by atoms with van der Waals surface area (Å²) < 4.78 is 11.4. The molecule has 0 radical (unpaired) electrons. The fraction of sp³-hybridized carbons (Fsp3) is 0.250.